The molecule has 8 rings (SSSR count). The van der Waals surface area contributed by atoms with E-state index in [-0.39, 0.29) is 12.3 Å². The standard InChI is InChI=1S/C36H28N4.C2H6/c1-3-11-25(12-4-1)27-23-32-36(37-24-27)40(28-13-5-2-6-14-28)35(38-32)26-19-21-29(22-20-26)39-33-17-9-7-15-30(33)31-16-8-10-18-34(31)39;1-2/h1-24,35-38H;1-2H3. The zero-order chi connectivity index (χ0) is 28.5. The minimum absolute atomic E-state index is 0.0122. The van der Waals surface area contributed by atoms with Crippen molar-refractivity contribution in [2.75, 3.05) is 4.90 Å². The average molecular weight is 547 g/mol. The zero-order valence-electron chi connectivity index (χ0n) is 23.9. The molecule has 0 spiro atoms. The fraction of sp³-hybridized carbons (Fsp3) is 0.105. The highest BCUT2D eigenvalue weighted by Gasteiger charge is 2.39. The van der Waals surface area contributed by atoms with Crippen LogP contribution in [0.5, 0.6) is 0 Å². The van der Waals surface area contributed by atoms with Gasteiger partial charge in [-0.1, -0.05) is 111 Å². The van der Waals surface area contributed by atoms with E-state index in [1.807, 2.05) is 13.8 Å². The van der Waals surface area contributed by atoms with Crippen LogP contribution in [0, 0.1) is 0 Å². The minimum atomic E-state index is -0.0122. The molecule has 4 nitrogen and oxygen atoms in total. The number of hydrogen-bond acceptors (Lipinski definition) is 3. The molecule has 0 amide bonds. The number of allylic oxidation sites excluding steroid dienone is 2. The van der Waals surface area contributed by atoms with Gasteiger partial charge in [-0.05, 0) is 59.2 Å². The largest absolute Gasteiger partial charge is 0.366 e. The van der Waals surface area contributed by atoms with E-state index in [0.29, 0.717) is 0 Å². The topological polar surface area (TPSA) is 32.2 Å². The first-order valence-corrected chi connectivity index (χ1v) is 14.8. The molecule has 0 saturated carbocycles. The van der Waals surface area contributed by atoms with Gasteiger partial charge in [0.15, 0.2) is 0 Å². The second kappa shape index (κ2) is 11.0. The molecule has 2 atom stereocenters. The second-order valence-electron chi connectivity index (χ2n) is 10.4. The SMILES string of the molecule is C1=C(c2ccccc2)C=C2NC(c3ccc(-n4c5ccccc5c5ccccc54)cc3)N(c3ccccc3)C2N1.CC. The van der Waals surface area contributed by atoms with Crippen LogP contribution in [0.25, 0.3) is 33.1 Å². The normalized spacial score (nSPS) is 17.4. The van der Waals surface area contributed by atoms with Crippen LogP contribution in [-0.2, 0) is 0 Å². The van der Waals surface area contributed by atoms with Crippen LogP contribution in [0.3, 0.4) is 0 Å². The van der Waals surface area contributed by atoms with Crippen molar-refractivity contribution in [3.8, 4) is 5.69 Å². The predicted octanol–water partition coefficient (Wildman–Crippen LogP) is 8.77. The molecule has 206 valence electrons. The van der Waals surface area contributed by atoms with Gasteiger partial charge in [0.1, 0.15) is 12.3 Å². The minimum Gasteiger partial charge on any atom is -0.366 e. The molecule has 2 aliphatic heterocycles. The lowest BCUT2D eigenvalue weighted by molar-refractivity contribution is 0.605. The fourth-order valence-electron chi connectivity index (χ4n) is 6.22. The second-order valence-corrected chi connectivity index (χ2v) is 10.4. The summed E-state index contributed by atoms with van der Waals surface area (Å²) in [6.45, 7) is 4.00. The first-order valence-electron chi connectivity index (χ1n) is 14.8. The lowest BCUT2D eigenvalue weighted by Gasteiger charge is -2.32. The van der Waals surface area contributed by atoms with E-state index in [9.17, 15) is 0 Å². The number of fused-ring (bicyclic) bond motifs is 4. The lowest BCUT2D eigenvalue weighted by atomic mass is 10.0. The molecule has 0 bridgehead atoms. The Bertz CT molecular complexity index is 1850. The van der Waals surface area contributed by atoms with Gasteiger partial charge in [-0.3, -0.25) is 0 Å². The number of hydrogen-bond donors (Lipinski definition) is 2. The number of anilines is 1. The van der Waals surface area contributed by atoms with Gasteiger partial charge in [0, 0.05) is 28.3 Å². The Kier molecular flexibility index (Phi) is 6.73. The third kappa shape index (κ3) is 4.33. The summed E-state index contributed by atoms with van der Waals surface area (Å²) in [4.78, 5) is 2.43. The van der Waals surface area contributed by atoms with Crippen molar-refractivity contribution in [3.63, 3.8) is 0 Å². The van der Waals surface area contributed by atoms with Crippen LogP contribution < -0.4 is 15.5 Å². The van der Waals surface area contributed by atoms with Crippen molar-refractivity contribution >= 4 is 33.1 Å². The molecule has 2 N–H and O–H groups in total. The summed E-state index contributed by atoms with van der Waals surface area (Å²) in [5, 5.41) is 10.1. The van der Waals surface area contributed by atoms with E-state index < -0.39 is 0 Å². The molecule has 1 saturated heterocycles. The Labute approximate surface area is 247 Å². The van der Waals surface area contributed by atoms with E-state index >= 15 is 0 Å². The van der Waals surface area contributed by atoms with Gasteiger partial charge < -0.3 is 20.1 Å². The maximum Gasteiger partial charge on any atom is 0.142 e. The van der Waals surface area contributed by atoms with E-state index in [1.54, 1.807) is 0 Å². The molecule has 3 heterocycles. The number of rotatable bonds is 4. The highest BCUT2D eigenvalue weighted by molar-refractivity contribution is 6.09. The molecular weight excluding hydrogens is 512 g/mol. The first kappa shape index (κ1) is 25.7. The fourth-order valence-corrected chi connectivity index (χ4v) is 6.22. The summed E-state index contributed by atoms with van der Waals surface area (Å²) >= 11 is 0. The van der Waals surface area contributed by atoms with Crippen molar-refractivity contribution < 1.29 is 0 Å². The van der Waals surface area contributed by atoms with Gasteiger partial charge in [-0.15, -0.1) is 0 Å². The van der Waals surface area contributed by atoms with Gasteiger partial charge in [-0.2, -0.15) is 0 Å². The van der Waals surface area contributed by atoms with Crippen LogP contribution >= 0.6 is 0 Å². The maximum atomic E-state index is 3.85. The Morgan fingerprint density at radius 1 is 0.548 bits per heavy atom. The smallest absolute Gasteiger partial charge is 0.142 e. The number of dihydropyridines is 1. The molecule has 42 heavy (non-hydrogen) atoms. The molecule has 0 radical (unpaired) electrons. The molecule has 2 aliphatic rings. The summed E-state index contributed by atoms with van der Waals surface area (Å²) in [6.07, 6.45) is 4.42. The van der Waals surface area contributed by atoms with E-state index in [4.69, 9.17) is 0 Å². The third-order valence-corrected chi connectivity index (χ3v) is 8.07. The van der Waals surface area contributed by atoms with Crippen LogP contribution in [0.1, 0.15) is 31.1 Å². The zero-order valence-corrected chi connectivity index (χ0v) is 23.9. The molecule has 0 aliphatic carbocycles. The van der Waals surface area contributed by atoms with E-state index in [0.717, 1.165) is 5.69 Å². The van der Waals surface area contributed by atoms with Gasteiger partial charge in [0.05, 0.1) is 16.7 Å². The van der Waals surface area contributed by atoms with Crippen LogP contribution in [0.4, 0.5) is 5.69 Å². The quantitative estimate of drug-likeness (QED) is 0.232. The molecule has 5 aromatic carbocycles. The molecular formula is C38H34N4. The highest BCUT2D eigenvalue weighted by atomic mass is 15.4. The predicted molar refractivity (Wildman–Crippen MR) is 176 cm³/mol. The number of nitrogens with zero attached hydrogens (tertiary/aromatic N) is 2. The van der Waals surface area contributed by atoms with Crippen molar-refractivity contribution in [1.29, 1.82) is 0 Å². The van der Waals surface area contributed by atoms with Crippen LogP contribution in [-0.4, -0.2) is 10.7 Å². The van der Waals surface area contributed by atoms with Crippen molar-refractivity contribution in [3.05, 3.63) is 163 Å². The van der Waals surface area contributed by atoms with Gasteiger partial charge >= 0.3 is 0 Å². The average Bonchev–Trinajstić information content (AvgIpc) is 3.62. The number of nitrogens with one attached hydrogen (secondary N) is 2. The molecule has 1 fully saturated rings. The highest BCUT2D eigenvalue weighted by Crippen LogP contribution is 2.38. The third-order valence-electron chi connectivity index (χ3n) is 8.07. The number of para-hydroxylation sites is 3. The number of benzene rings is 5. The van der Waals surface area contributed by atoms with Gasteiger partial charge in [0.2, 0.25) is 0 Å². The Morgan fingerprint density at radius 2 is 1.12 bits per heavy atom. The number of aromatic nitrogens is 1. The monoisotopic (exact) mass is 546 g/mol. The molecule has 2 unspecified atom stereocenters. The Morgan fingerprint density at radius 3 is 1.76 bits per heavy atom. The summed E-state index contributed by atoms with van der Waals surface area (Å²) < 4.78 is 2.37. The lowest BCUT2D eigenvalue weighted by Crippen LogP contribution is -2.42. The van der Waals surface area contributed by atoms with Crippen molar-refractivity contribution in [2.45, 2.75) is 26.2 Å². The van der Waals surface area contributed by atoms with Crippen LogP contribution in [0.15, 0.2) is 151 Å². The molecule has 6 aromatic rings. The molecule has 1 aromatic heterocycles. The Balaban J connectivity index is 0.00000141. The summed E-state index contributed by atoms with van der Waals surface area (Å²) in [5.41, 5.74) is 9.54. The van der Waals surface area contributed by atoms with E-state index in [2.05, 4.69) is 166 Å². The Hall–Kier alpha value is -5.22. The van der Waals surface area contributed by atoms with Crippen molar-refractivity contribution in [1.82, 2.24) is 15.2 Å². The maximum absolute atomic E-state index is 3.85. The van der Waals surface area contributed by atoms with Crippen LogP contribution in [0.2, 0.25) is 0 Å². The van der Waals surface area contributed by atoms with Gasteiger partial charge in [-0.25, -0.2) is 0 Å². The van der Waals surface area contributed by atoms with Gasteiger partial charge in [0.25, 0.3) is 0 Å². The summed E-state index contributed by atoms with van der Waals surface area (Å²) in [6, 6.07) is 47.5. The van der Waals surface area contributed by atoms with Crippen molar-refractivity contribution in [2.24, 2.45) is 0 Å². The van der Waals surface area contributed by atoms with E-state index in [1.165, 1.54) is 49.9 Å². The summed E-state index contributed by atoms with van der Waals surface area (Å²) in [5.74, 6) is 0. The summed E-state index contributed by atoms with van der Waals surface area (Å²) in [7, 11) is 0. The molecule has 4 heteroatoms. The first-order chi connectivity index (χ1) is 20.8.